The van der Waals surface area contributed by atoms with Crippen molar-refractivity contribution in [3.8, 4) is 0 Å². The second-order valence-corrected chi connectivity index (χ2v) is 6.86. The van der Waals surface area contributed by atoms with Gasteiger partial charge in [-0.15, -0.1) is 0 Å². The van der Waals surface area contributed by atoms with Gasteiger partial charge in [0.1, 0.15) is 0 Å². The third kappa shape index (κ3) is 1.54. The van der Waals surface area contributed by atoms with Crippen molar-refractivity contribution < 1.29 is 13.1 Å². The van der Waals surface area contributed by atoms with Crippen molar-refractivity contribution in [2.75, 3.05) is 0 Å². The molecule has 0 aliphatic carbocycles. The van der Waals surface area contributed by atoms with Crippen LogP contribution in [0.3, 0.4) is 0 Å². The zero-order valence-corrected chi connectivity index (χ0v) is 13.7. The fourth-order valence-electron chi connectivity index (χ4n) is 4.44. The van der Waals surface area contributed by atoms with Crippen molar-refractivity contribution in [1.29, 1.82) is 0 Å². The Kier molecular flexibility index (Phi) is 2.42. The van der Waals surface area contributed by atoms with Crippen molar-refractivity contribution >= 4 is 45.6 Å². The summed E-state index contributed by atoms with van der Waals surface area (Å²) >= 11 is 0. The molecule has 2 nitrogen and oxygen atoms in total. The van der Waals surface area contributed by atoms with Crippen LogP contribution in [0.15, 0.2) is 72.8 Å². The maximum Gasteiger partial charge on any atom is 0.737 e. The summed E-state index contributed by atoms with van der Waals surface area (Å²) in [6, 6.07) is 22.4. The minimum atomic E-state index is -4.01. The van der Waals surface area contributed by atoms with Gasteiger partial charge in [-0.1, -0.05) is 42.5 Å². The van der Waals surface area contributed by atoms with Crippen LogP contribution >= 0.6 is 0 Å². The van der Waals surface area contributed by atoms with Crippen molar-refractivity contribution in [2.24, 2.45) is 0 Å². The van der Waals surface area contributed by atoms with E-state index in [-0.39, 0.29) is 0 Å². The standard InChI is InChI=1S/C21H13BF2N2/c23-22(24)25-16(12-11-14-5-1-2-9-18(14)25)13-20-17-8-3-6-15-7-4-10-19(21(15)17)26(20)22/h1-13H. The first-order chi connectivity index (χ1) is 12.7. The van der Waals surface area contributed by atoms with Gasteiger partial charge in [-0.05, 0) is 23.6 Å². The molecule has 26 heavy (non-hydrogen) atoms. The molecule has 5 aromatic rings. The molecular formula is C21H13BF2N2. The molecule has 1 aliphatic heterocycles. The van der Waals surface area contributed by atoms with Crippen LogP contribution in [-0.2, 0) is 0 Å². The molecule has 0 atom stereocenters. The first-order valence-electron chi connectivity index (χ1n) is 8.65. The number of halogens is 2. The summed E-state index contributed by atoms with van der Waals surface area (Å²) in [7, 11) is 0. The Morgan fingerprint density at radius 1 is 0.769 bits per heavy atom. The lowest BCUT2D eigenvalue weighted by atomic mass is 9.90. The minimum Gasteiger partial charge on any atom is -0.389 e. The van der Waals surface area contributed by atoms with Crippen molar-refractivity contribution in [3.63, 3.8) is 0 Å². The van der Waals surface area contributed by atoms with E-state index in [2.05, 4.69) is 0 Å². The average molecular weight is 342 g/mol. The van der Waals surface area contributed by atoms with E-state index in [9.17, 15) is 0 Å². The first-order valence-corrected chi connectivity index (χ1v) is 8.65. The van der Waals surface area contributed by atoms with E-state index in [0.29, 0.717) is 22.1 Å². The summed E-state index contributed by atoms with van der Waals surface area (Å²) in [5, 5.41) is 4.15. The number of fused-ring (bicyclic) bond motifs is 6. The molecule has 5 heteroatoms. The number of aromatic nitrogens is 2. The van der Waals surface area contributed by atoms with Crippen LogP contribution in [0.5, 0.6) is 0 Å². The van der Waals surface area contributed by atoms with E-state index < -0.39 is 6.97 Å². The van der Waals surface area contributed by atoms with Crippen LogP contribution in [0.1, 0.15) is 5.69 Å². The smallest absolute Gasteiger partial charge is 0.389 e. The molecule has 2 aromatic heterocycles. The van der Waals surface area contributed by atoms with E-state index in [1.165, 1.54) is 8.96 Å². The lowest BCUT2D eigenvalue weighted by Crippen LogP contribution is -2.69. The van der Waals surface area contributed by atoms with Gasteiger partial charge in [-0.3, -0.25) is 0 Å². The van der Waals surface area contributed by atoms with Crippen LogP contribution in [0, 0.1) is 0 Å². The second-order valence-electron chi connectivity index (χ2n) is 6.86. The molecule has 3 heterocycles. The molecule has 0 bridgehead atoms. The maximum absolute atomic E-state index is 15.9. The average Bonchev–Trinajstić information content (AvgIpc) is 2.98. The van der Waals surface area contributed by atoms with Gasteiger partial charge in [0.15, 0.2) is 11.2 Å². The number of para-hydroxylation sites is 1. The molecular weight excluding hydrogens is 329 g/mol. The topological polar surface area (TPSA) is 8.81 Å². The number of pyridine rings is 1. The Balaban J connectivity index is 1.89. The molecule has 0 saturated carbocycles. The van der Waals surface area contributed by atoms with Gasteiger partial charge in [0.2, 0.25) is 0 Å². The minimum absolute atomic E-state index is 0.532. The van der Waals surface area contributed by atoms with E-state index in [1.807, 2.05) is 54.6 Å². The molecule has 3 aromatic carbocycles. The Labute approximate surface area is 147 Å². The Morgan fingerprint density at radius 3 is 2.42 bits per heavy atom. The third-order valence-electron chi connectivity index (χ3n) is 5.49. The highest BCUT2D eigenvalue weighted by molar-refractivity contribution is 6.57. The lowest BCUT2D eigenvalue weighted by Gasteiger charge is -2.27. The molecule has 0 amide bonds. The highest BCUT2D eigenvalue weighted by atomic mass is 19.2. The molecule has 0 radical (unpaired) electrons. The Bertz CT molecular complexity index is 1410. The SMILES string of the molecule is F[B-]1(F)n2c(c3cccc4cccc2c43)=Cc2ccc3ccccc3[n+]21. The summed E-state index contributed by atoms with van der Waals surface area (Å²) in [5.74, 6) is 0. The molecule has 0 unspecified atom stereocenters. The molecule has 6 rings (SSSR count). The first kappa shape index (κ1) is 14.0. The number of nitrogens with zero attached hydrogens (tertiary/aromatic N) is 2. The number of rotatable bonds is 0. The van der Waals surface area contributed by atoms with Crippen LogP contribution < -0.4 is 9.83 Å². The van der Waals surface area contributed by atoms with Crippen molar-refractivity contribution in [1.82, 2.24) is 4.48 Å². The van der Waals surface area contributed by atoms with E-state index in [0.717, 1.165) is 21.5 Å². The molecule has 124 valence electrons. The number of hydrogen-bond donors (Lipinski definition) is 0. The molecule has 1 aliphatic rings. The van der Waals surface area contributed by atoms with Crippen LogP contribution in [-0.4, -0.2) is 11.4 Å². The maximum atomic E-state index is 15.9. The Morgan fingerprint density at radius 2 is 1.54 bits per heavy atom. The van der Waals surface area contributed by atoms with E-state index >= 15 is 8.63 Å². The number of benzene rings is 3. The summed E-state index contributed by atoms with van der Waals surface area (Å²) in [4.78, 5) is 0. The summed E-state index contributed by atoms with van der Waals surface area (Å²) in [6.45, 7) is -4.01. The van der Waals surface area contributed by atoms with Gasteiger partial charge in [-0.2, -0.15) is 0 Å². The monoisotopic (exact) mass is 342 g/mol. The predicted molar refractivity (Wildman–Crippen MR) is 101 cm³/mol. The molecule has 0 spiro atoms. The van der Waals surface area contributed by atoms with Gasteiger partial charge in [0.25, 0.3) is 0 Å². The third-order valence-corrected chi connectivity index (χ3v) is 5.49. The van der Waals surface area contributed by atoms with Gasteiger partial charge in [0.05, 0.1) is 0 Å². The van der Waals surface area contributed by atoms with Gasteiger partial charge < -0.3 is 17.6 Å². The highest BCUT2D eigenvalue weighted by Gasteiger charge is 2.48. The molecule has 0 N–H and O–H groups in total. The summed E-state index contributed by atoms with van der Waals surface area (Å²) in [5.41, 5.74) is 1.67. The normalized spacial score (nSPS) is 15.2. The zero-order chi connectivity index (χ0) is 17.5. The molecule has 0 saturated heterocycles. The van der Waals surface area contributed by atoms with E-state index in [4.69, 9.17) is 0 Å². The van der Waals surface area contributed by atoms with Crippen LogP contribution in [0.4, 0.5) is 8.63 Å². The van der Waals surface area contributed by atoms with Crippen molar-refractivity contribution in [2.45, 2.75) is 0 Å². The summed E-state index contributed by atoms with van der Waals surface area (Å²) in [6.07, 6.45) is 1.88. The van der Waals surface area contributed by atoms with Gasteiger partial charge in [-0.25, -0.2) is 0 Å². The van der Waals surface area contributed by atoms with E-state index in [1.54, 1.807) is 24.3 Å². The van der Waals surface area contributed by atoms with Gasteiger partial charge >= 0.3 is 6.97 Å². The largest absolute Gasteiger partial charge is 0.737 e. The van der Waals surface area contributed by atoms with Crippen LogP contribution in [0.25, 0.3) is 38.7 Å². The fraction of sp³-hybridized carbons (Fsp3) is 0. The second kappa shape index (κ2) is 4.49. The quantitative estimate of drug-likeness (QED) is 0.378. The molecule has 0 fully saturated rings. The van der Waals surface area contributed by atoms with Crippen molar-refractivity contribution in [3.05, 3.63) is 83.8 Å². The Hall–Kier alpha value is -3.21. The number of hydrogen-bond acceptors (Lipinski definition) is 0. The van der Waals surface area contributed by atoms with Gasteiger partial charge in [0, 0.05) is 45.2 Å². The zero-order valence-electron chi connectivity index (χ0n) is 13.7. The highest BCUT2D eigenvalue weighted by Crippen LogP contribution is 2.29. The van der Waals surface area contributed by atoms with Crippen LogP contribution in [0.2, 0.25) is 0 Å². The lowest BCUT2D eigenvalue weighted by molar-refractivity contribution is -0.543. The fourth-order valence-corrected chi connectivity index (χ4v) is 4.44. The predicted octanol–water partition coefficient (Wildman–Crippen LogP) is 3.87. The summed E-state index contributed by atoms with van der Waals surface area (Å²) < 4.78 is 34.2.